The molecule has 4 rings (SSSR count). The Balaban J connectivity index is 0.000000146. The zero-order chi connectivity index (χ0) is 18.0. The predicted octanol–water partition coefficient (Wildman–Crippen LogP) is 5.01. The van der Waals surface area contributed by atoms with Crippen molar-refractivity contribution >= 4 is 49.1 Å². The van der Waals surface area contributed by atoms with Gasteiger partial charge >= 0.3 is 0 Å². The van der Waals surface area contributed by atoms with Crippen LogP contribution in [0.2, 0.25) is 0 Å². The second-order valence-electron chi connectivity index (χ2n) is 6.01. The summed E-state index contributed by atoms with van der Waals surface area (Å²) in [4.78, 5) is 8.08. The van der Waals surface area contributed by atoms with Crippen LogP contribution in [0.4, 0.5) is 11.6 Å². The normalized spacial score (nSPS) is 10.5. The Labute approximate surface area is 155 Å². The Morgan fingerprint density at radius 3 is 2.16 bits per heavy atom. The molecule has 4 aromatic rings. The molecule has 0 saturated carbocycles. The number of nitrogens with zero attached hydrogens (tertiary/aromatic N) is 2. The van der Waals surface area contributed by atoms with Crippen molar-refractivity contribution in [1.29, 1.82) is 0 Å². The number of aromatic nitrogens is 2. The molecule has 0 atom stereocenters. The van der Waals surface area contributed by atoms with Crippen LogP contribution in [-0.4, -0.2) is 9.97 Å². The number of hydrogen-bond donors (Lipinski definition) is 2. The van der Waals surface area contributed by atoms with E-state index in [0.29, 0.717) is 11.6 Å². The average Bonchev–Trinajstić information content (AvgIpc) is 2.59. The summed E-state index contributed by atoms with van der Waals surface area (Å²) in [7, 11) is 0. The first kappa shape index (κ1) is 17.2. The molecule has 0 amide bonds. The molecule has 126 valence electrons. The number of nitrogens with two attached hydrogens (primary N) is 2. The number of hydrogen-bond acceptors (Lipinski definition) is 4. The van der Waals surface area contributed by atoms with E-state index in [4.69, 9.17) is 11.5 Å². The fourth-order valence-corrected chi connectivity index (χ4v) is 3.03. The number of aryl methyl sites for hydroxylation is 2. The largest absolute Gasteiger partial charge is 0.384 e. The molecular formula is C20H19BrN4. The van der Waals surface area contributed by atoms with Crippen LogP contribution in [0.1, 0.15) is 11.1 Å². The molecule has 0 radical (unpaired) electrons. The van der Waals surface area contributed by atoms with Gasteiger partial charge in [-0.25, -0.2) is 9.97 Å². The minimum absolute atomic E-state index is 0.540. The molecule has 0 bridgehead atoms. The summed E-state index contributed by atoms with van der Waals surface area (Å²) < 4.78 is 0.883. The molecule has 2 aromatic heterocycles. The number of pyridine rings is 2. The lowest BCUT2D eigenvalue weighted by Gasteiger charge is -2.03. The van der Waals surface area contributed by atoms with E-state index in [1.54, 1.807) is 12.4 Å². The van der Waals surface area contributed by atoms with Crippen LogP contribution in [-0.2, 0) is 0 Å². The summed E-state index contributed by atoms with van der Waals surface area (Å²) in [6, 6.07) is 14.3. The molecule has 0 aliphatic heterocycles. The molecule has 4 nitrogen and oxygen atoms in total. The SMILES string of the molecule is Cc1ccc2cnc(N)c(Br)c2c1.Cc1ccc2cnc(N)cc2c1. The first-order valence-electron chi connectivity index (χ1n) is 7.86. The number of halogens is 1. The highest BCUT2D eigenvalue weighted by Gasteiger charge is 2.02. The number of anilines is 2. The van der Waals surface area contributed by atoms with Crippen molar-refractivity contribution in [2.24, 2.45) is 0 Å². The van der Waals surface area contributed by atoms with Gasteiger partial charge in [-0.1, -0.05) is 47.5 Å². The van der Waals surface area contributed by atoms with Crippen LogP contribution in [0.15, 0.2) is 59.3 Å². The number of fused-ring (bicyclic) bond motifs is 2. The van der Waals surface area contributed by atoms with Crippen molar-refractivity contribution < 1.29 is 0 Å². The smallest absolute Gasteiger partial charge is 0.138 e. The van der Waals surface area contributed by atoms with Gasteiger partial charge in [-0.2, -0.15) is 0 Å². The lowest BCUT2D eigenvalue weighted by Crippen LogP contribution is -1.91. The predicted molar refractivity (Wildman–Crippen MR) is 109 cm³/mol. The molecule has 2 aromatic carbocycles. The van der Waals surface area contributed by atoms with E-state index in [1.165, 1.54) is 11.1 Å². The molecular weight excluding hydrogens is 376 g/mol. The minimum Gasteiger partial charge on any atom is -0.384 e. The van der Waals surface area contributed by atoms with Crippen molar-refractivity contribution in [3.8, 4) is 0 Å². The number of benzene rings is 2. The van der Waals surface area contributed by atoms with E-state index in [2.05, 4.69) is 70.1 Å². The summed E-state index contributed by atoms with van der Waals surface area (Å²) >= 11 is 3.43. The number of rotatable bonds is 0. The summed E-state index contributed by atoms with van der Waals surface area (Å²) in [6.07, 6.45) is 3.58. The molecule has 0 fully saturated rings. The Kier molecular flexibility index (Phi) is 4.86. The van der Waals surface area contributed by atoms with Crippen molar-refractivity contribution in [2.45, 2.75) is 13.8 Å². The van der Waals surface area contributed by atoms with Crippen molar-refractivity contribution in [2.75, 3.05) is 11.5 Å². The Morgan fingerprint density at radius 1 is 0.760 bits per heavy atom. The first-order valence-corrected chi connectivity index (χ1v) is 8.65. The van der Waals surface area contributed by atoms with Crippen molar-refractivity contribution in [1.82, 2.24) is 9.97 Å². The van der Waals surface area contributed by atoms with E-state index in [1.807, 2.05) is 12.1 Å². The molecule has 5 heteroatoms. The van der Waals surface area contributed by atoms with E-state index in [9.17, 15) is 0 Å². The number of nitrogen functional groups attached to an aromatic ring is 2. The minimum atomic E-state index is 0.540. The van der Waals surface area contributed by atoms with Crippen molar-refractivity contribution in [3.63, 3.8) is 0 Å². The maximum atomic E-state index is 5.68. The van der Waals surface area contributed by atoms with Gasteiger partial charge in [0.15, 0.2) is 0 Å². The maximum Gasteiger partial charge on any atom is 0.138 e. The Hall–Kier alpha value is -2.66. The Bertz CT molecular complexity index is 1020. The van der Waals surface area contributed by atoms with Crippen LogP contribution < -0.4 is 11.5 Å². The zero-order valence-corrected chi connectivity index (χ0v) is 15.7. The van der Waals surface area contributed by atoms with Gasteiger partial charge in [-0.05, 0) is 41.2 Å². The Morgan fingerprint density at radius 2 is 1.40 bits per heavy atom. The standard InChI is InChI=1S/C10H9BrN2.C10H10N2/c1-6-2-3-7-5-13-10(12)9(11)8(7)4-6;1-7-2-3-8-6-12-10(11)5-9(8)4-7/h2-5H,1H3,(H2,12,13);2-6H,1H3,(H2,11,12). The van der Waals surface area contributed by atoms with E-state index in [-0.39, 0.29) is 0 Å². The molecule has 0 spiro atoms. The summed E-state index contributed by atoms with van der Waals surface area (Å²) in [6.45, 7) is 4.12. The van der Waals surface area contributed by atoms with Gasteiger partial charge in [0.25, 0.3) is 0 Å². The van der Waals surface area contributed by atoms with Gasteiger partial charge in [0.1, 0.15) is 11.6 Å². The third-order valence-electron chi connectivity index (χ3n) is 3.91. The van der Waals surface area contributed by atoms with Crippen LogP contribution in [0.5, 0.6) is 0 Å². The van der Waals surface area contributed by atoms with Crippen molar-refractivity contribution in [3.05, 3.63) is 70.5 Å². The quantitative estimate of drug-likeness (QED) is 0.439. The van der Waals surface area contributed by atoms with Gasteiger partial charge in [0.2, 0.25) is 0 Å². The maximum absolute atomic E-state index is 5.68. The lowest BCUT2D eigenvalue weighted by molar-refractivity contribution is 1.35. The molecule has 0 aliphatic carbocycles. The molecule has 0 saturated heterocycles. The first-order chi connectivity index (χ1) is 11.9. The second kappa shape index (κ2) is 7.07. The lowest BCUT2D eigenvalue weighted by atomic mass is 10.1. The average molecular weight is 395 g/mol. The van der Waals surface area contributed by atoms with E-state index in [0.717, 1.165) is 26.0 Å². The van der Waals surface area contributed by atoms with E-state index < -0.39 is 0 Å². The molecule has 0 aliphatic rings. The van der Waals surface area contributed by atoms with E-state index >= 15 is 0 Å². The van der Waals surface area contributed by atoms with Crippen LogP contribution in [0.3, 0.4) is 0 Å². The van der Waals surface area contributed by atoms with Crippen LogP contribution >= 0.6 is 15.9 Å². The monoisotopic (exact) mass is 394 g/mol. The highest BCUT2D eigenvalue weighted by Crippen LogP contribution is 2.28. The van der Waals surface area contributed by atoms with Crippen LogP contribution in [0.25, 0.3) is 21.5 Å². The summed E-state index contributed by atoms with van der Waals surface area (Å²) in [5.74, 6) is 1.12. The summed E-state index contributed by atoms with van der Waals surface area (Å²) in [5, 5.41) is 4.51. The van der Waals surface area contributed by atoms with Gasteiger partial charge in [-0.3, -0.25) is 0 Å². The van der Waals surface area contributed by atoms with Gasteiger partial charge in [0.05, 0.1) is 4.47 Å². The highest BCUT2D eigenvalue weighted by atomic mass is 79.9. The fraction of sp³-hybridized carbons (Fsp3) is 0.100. The molecule has 0 unspecified atom stereocenters. The van der Waals surface area contributed by atoms with Gasteiger partial charge < -0.3 is 11.5 Å². The highest BCUT2D eigenvalue weighted by molar-refractivity contribution is 9.10. The third kappa shape index (κ3) is 3.88. The zero-order valence-electron chi connectivity index (χ0n) is 14.1. The van der Waals surface area contributed by atoms with Crippen LogP contribution in [0, 0.1) is 13.8 Å². The van der Waals surface area contributed by atoms with Gasteiger partial charge in [0, 0.05) is 28.6 Å². The fourth-order valence-electron chi connectivity index (χ4n) is 2.58. The second-order valence-corrected chi connectivity index (χ2v) is 6.80. The third-order valence-corrected chi connectivity index (χ3v) is 4.74. The topological polar surface area (TPSA) is 77.8 Å². The summed E-state index contributed by atoms with van der Waals surface area (Å²) in [5.41, 5.74) is 13.7. The molecule has 2 heterocycles. The molecule has 25 heavy (non-hydrogen) atoms. The molecule has 4 N–H and O–H groups in total. The van der Waals surface area contributed by atoms with Gasteiger partial charge in [-0.15, -0.1) is 0 Å².